The standard InChI is InChI=1S/C26H27FN4O2/c1-18-4-2-5-19(14-18)15-24-28-23-8-9-31(26(32)20-6-3-7-21(27)16-20)17-22(23)25(29-24)30-10-12-33-13-11-30/h2-7,14,16H,8-13,15,17H2,1H3. The van der Waals surface area contributed by atoms with Gasteiger partial charge in [0.2, 0.25) is 0 Å². The number of halogens is 1. The molecule has 0 spiro atoms. The molecule has 3 heterocycles. The summed E-state index contributed by atoms with van der Waals surface area (Å²) in [5, 5.41) is 0. The molecule has 0 bridgehead atoms. The number of hydrogen-bond donors (Lipinski definition) is 0. The van der Waals surface area contributed by atoms with Gasteiger partial charge in [-0.1, -0.05) is 35.9 Å². The van der Waals surface area contributed by atoms with E-state index in [0.29, 0.717) is 44.7 Å². The van der Waals surface area contributed by atoms with E-state index in [1.807, 2.05) is 0 Å². The number of morpholine rings is 1. The van der Waals surface area contributed by atoms with Crippen LogP contribution in [0.3, 0.4) is 0 Å². The van der Waals surface area contributed by atoms with Crippen molar-refractivity contribution in [2.45, 2.75) is 26.3 Å². The van der Waals surface area contributed by atoms with Crippen molar-refractivity contribution >= 4 is 11.7 Å². The fourth-order valence-electron chi connectivity index (χ4n) is 4.54. The summed E-state index contributed by atoms with van der Waals surface area (Å²) < 4.78 is 19.2. The molecule has 1 saturated heterocycles. The Morgan fingerprint density at radius 1 is 1.06 bits per heavy atom. The first kappa shape index (κ1) is 21.5. The molecule has 0 N–H and O–H groups in total. The molecule has 7 heteroatoms. The Balaban J connectivity index is 1.47. The lowest BCUT2D eigenvalue weighted by atomic mass is 10.0. The van der Waals surface area contributed by atoms with Gasteiger partial charge in [-0.15, -0.1) is 0 Å². The number of nitrogens with zero attached hydrogens (tertiary/aromatic N) is 4. The summed E-state index contributed by atoms with van der Waals surface area (Å²) in [6.45, 7) is 5.86. The van der Waals surface area contributed by atoms with Gasteiger partial charge in [-0.3, -0.25) is 4.79 Å². The first-order valence-electron chi connectivity index (χ1n) is 11.4. The molecule has 1 amide bonds. The van der Waals surface area contributed by atoms with Gasteiger partial charge in [0.05, 0.1) is 25.5 Å². The molecule has 0 radical (unpaired) electrons. The van der Waals surface area contributed by atoms with E-state index in [-0.39, 0.29) is 5.91 Å². The predicted molar refractivity (Wildman–Crippen MR) is 124 cm³/mol. The molecular weight excluding hydrogens is 419 g/mol. The Morgan fingerprint density at radius 2 is 1.88 bits per heavy atom. The number of carbonyl (C=O) groups excluding carboxylic acids is 1. The number of fused-ring (bicyclic) bond motifs is 1. The number of aromatic nitrogens is 2. The highest BCUT2D eigenvalue weighted by Gasteiger charge is 2.29. The molecular formula is C26H27FN4O2. The lowest BCUT2D eigenvalue weighted by Gasteiger charge is -2.34. The normalized spacial score (nSPS) is 15.9. The molecule has 1 aromatic heterocycles. The van der Waals surface area contributed by atoms with Crippen LogP contribution in [-0.2, 0) is 24.1 Å². The number of amides is 1. The predicted octanol–water partition coefficient (Wildman–Crippen LogP) is 3.55. The van der Waals surface area contributed by atoms with Crippen molar-refractivity contribution in [2.75, 3.05) is 37.7 Å². The van der Waals surface area contributed by atoms with Crippen LogP contribution >= 0.6 is 0 Å². The minimum atomic E-state index is -0.406. The maximum absolute atomic E-state index is 13.7. The van der Waals surface area contributed by atoms with Gasteiger partial charge in [-0.25, -0.2) is 14.4 Å². The second-order valence-electron chi connectivity index (χ2n) is 8.64. The number of aryl methyl sites for hydroxylation is 1. The highest BCUT2D eigenvalue weighted by Crippen LogP contribution is 2.29. The topological polar surface area (TPSA) is 58.6 Å². The minimum Gasteiger partial charge on any atom is -0.378 e. The van der Waals surface area contributed by atoms with Gasteiger partial charge in [0, 0.05) is 43.6 Å². The van der Waals surface area contributed by atoms with Crippen molar-refractivity contribution in [3.63, 3.8) is 0 Å². The monoisotopic (exact) mass is 446 g/mol. The summed E-state index contributed by atoms with van der Waals surface area (Å²) >= 11 is 0. The second-order valence-corrected chi connectivity index (χ2v) is 8.64. The Bertz CT molecular complexity index is 1180. The van der Waals surface area contributed by atoms with E-state index >= 15 is 0 Å². The molecule has 0 aliphatic carbocycles. The van der Waals surface area contributed by atoms with Gasteiger partial charge < -0.3 is 14.5 Å². The largest absolute Gasteiger partial charge is 0.378 e. The summed E-state index contributed by atoms with van der Waals surface area (Å²) in [6.07, 6.45) is 1.31. The van der Waals surface area contributed by atoms with E-state index in [4.69, 9.17) is 14.7 Å². The summed E-state index contributed by atoms with van der Waals surface area (Å²) in [4.78, 5) is 27.0. The average molecular weight is 447 g/mol. The molecule has 5 rings (SSSR count). The summed E-state index contributed by atoms with van der Waals surface area (Å²) in [5.41, 5.74) is 4.74. The van der Waals surface area contributed by atoms with Crippen LogP contribution in [0.2, 0.25) is 0 Å². The first-order valence-corrected chi connectivity index (χ1v) is 11.4. The Kier molecular flexibility index (Phi) is 6.05. The lowest BCUT2D eigenvalue weighted by molar-refractivity contribution is 0.0732. The van der Waals surface area contributed by atoms with E-state index in [1.165, 1.54) is 23.3 Å². The zero-order valence-corrected chi connectivity index (χ0v) is 18.8. The average Bonchev–Trinajstić information content (AvgIpc) is 2.83. The Morgan fingerprint density at radius 3 is 2.67 bits per heavy atom. The molecule has 6 nitrogen and oxygen atoms in total. The smallest absolute Gasteiger partial charge is 0.254 e. The Hall–Kier alpha value is -3.32. The van der Waals surface area contributed by atoms with Crippen LogP contribution in [0.5, 0.6) is 0 Å². The van der Waals surface area contributed by atoms with Crippen molar-refractivity contribution in [2.24, 2.45) is 0 Å². The van der Waals surface area contributed by atoms with Crippen molar-refractivity contribution in [1.82, 2.24) is 14.9 Å². The SMILES string of the molecule is Cc1cccc(Cc2nc3c(c(N4CCOCC4)n2)CN(C(=O)c2cccc(F)c2)CC3)c1. The number of hydrogen-bond acceptors (Lipinski definition) is 5. The highest BCUT2D eigenvalue weighted by atomic mass is 19.1. The van der Waals surface area contributed by atoms with Crippen LogP contribution in [0.1, 0.15) is 38.6 Å². The van der Waals surface area contributed by atoms with Crippen molar-refractivity contribution in [3.05, 3.63) is 88.1 Å². The third kappa shape index (κ3) is 4.73. The van der Waals surface area contributed by atoms with Crippen LogP contribution in [0.15, 0.2) is 48.5 Å². The molecule has 0 saturated carbocycles. The van der Waals surface area contributed by atoms with Gasteiger partial charge in [-0.05, 0) is 30.7 Å². The number of rotatable bonds is 4. The van der Waals surface area contributed by atoms with Crippen LogP contribution in [0.4, 0.5) is 10.2 Å². The molecule has 2 aliphatic rings. The fraction of sp³-hybridized carbons (Fsp3) is 0.346. The first-order chi connectivity index (χ1) is 16.1. The van der Waals surface area contributed by atoms with Crippen molar-refractivity contribution in [3.8, 4) is 0 Å². The number of anilines is 1. The van der Waals surface area contributed by atoms with Gasteiger partial charge in [-0.2, -0.15) is 0 Å². The maximum Gasteiger partial charge on any atom is 0.254 e. The fourth-order valence-corrected chi connectivity index (χ4v) is 4.54. The van der Waals surface area contributed by atoms with Crippen LogP contribution in [-0.4, -0.2) is 53.6 Å². The number of carbonyl (C=O) groups is 1. The zero-order valence-electron chi connectivity index (χ0n) is 18.8. The molecule has 0 atom stereocenters. The van der Waals surface area contributed by atoms with Gasteiger partial charge in [0.25, 0.3) is 5.91 Å². The van der Waals surface area contributed by atoms with E-state index in [2.05, 4.69) is 36.1 Å². The third-order valence-corrected chi connectivity index (χ3v) is 6.20. The highest BCUT2D eigenvalue weighted by molar-refractivity contribution is 5.94. The molecule has 2 aliphatic heterocycles. The quantitative estimate of drug-likeness (QED) is 0.614. The summed E-state index contributed by atoms with van der Waals surface area (Å²) in [7, 11) is 0. The van der Waals surface area contributed by atoms with Crippen molar-refractivity contribution in [1.29, 1.82) is 0 Å². The summed E-state index contributed by atoms with van der Waals surface area (Å²) in [6, 6.07) is 14.3. The molecule has 33 heavy (non-hydrogen) atoms. The van der Waals surface area contributed by atoms with Gasteiger partial charge >= 0.3 is 0 Å². The molecule has 3 aromatic rings. The zero-order chi connectivity index (χ0) is 22.8. The number of ether oxygens (including phenoxy) is 1. The Labute approximate surface area is 193 Å². The maximum atomic E-state index is 13.7. The minimum absolute atomic E-state index is 0.170. The van der Waals surface area contributed by atoms with E-state index < -0.39 is 5.82 Å². The number of benzene rings is 2. The second kappa shape index (κ2) is 9.27. The molecule has 2 aromatic carbocycles. The van der Waals surface area contributed by atoms with E-state index in [1.54, 1.807) is 17.0 Å². The van der Waals surface area contributed by atoms with E-state index in [0.717, 1.165) is 36.0 Å². The van der Waals surface area contributed by atoms with Crippen molar-refractivity contribution < 1.29 is 13.9 Å². The summed E-state index contributed by atoms with van der Waals surface area (Å²) in [5.74, 6) is 1.11. The molecule has 170 valence electrons. The molecule has 0 unspecified atom stereocenters. The molecule has 1 fully saturated rings. The van der Waals surface area contributed by atoms with Crippen LogP contribution in [0, 0.1) is 12.7 Å². The lowest BCUT2D eigenvalue weighted by Crippen LogP contribution is -2.41. The van der Waals surface area contributed by atoms with Gasteiger partial charge in [0.1, 0.15) is 17.5 Å². The van der Waals surface area contributed by atoms with Crippen LogP contribution in [0.25, 0.3) is 0 Å². The van der Waals surface area contributed by atoms with Crippen LogP contribution < -0.4 is 4.90 Å². The third-order valence-electron chi connectivity index (χ3n) is 6.20. The van der Waals surface area contributed by atoms with E-state index in [9.17, 15) is 9.18 Å². The van der Waals surface area contributed by atoms with Gasteiger partial charge in [0.15, 0.2) is 0 Å².